The fourth-order valence-corrected chi connectivity index (χ4v) is 2.87. The fourth-order valence-electron chi connectivity index (χ4n) is 2.87. The summed E-state index contributed by atoms with van der Waals surface area (Å²) in [6.45, 7) is 0. The normalized spacial score (nSPS) is 22.6. The van der Waals surface area contributed by atoms with Gasteiger partial charge in [0.2, 0.25) is 0 Å². The number of aliphatic hydroxyl groups is 1. The molecule has 0 amide bonds. The first kappa shape index (κ1) is 13.9. The Bertz CT molecular complexity index is 801. The minimum Gasteiger partial charge on any atom is -0.474 e. The van der Waals surface area contributed by atoms with E-state index in [0.29, 0.717) is 17.1 Å². The number of para-hydroxylation sites is 2. The van der Waals surface area contributed by atoms with Crippen LogP contribution in [0.5, 0.6) is 11.5 Å². The molecule has 1 N–H and O–H groups in total. The van der Waals surface area contributed by atoms with Gasteiger partial charge in [-0.25, -0.2) is 0 Å². The summed E-state index contributed by atoms with van der Waals surface area (Å²) in [5.41, 5.74) is 1.51. The Morgan fingerprint density at radius 1 is 0.696 bits per heavy atom. The van der Waals surface area contributed by atoms with Crippen molar-refractivity contribution in [2.24, 2.45) is 0 Å². The molecule has 1 heterocycles. The fraction of sp³-hybridized carbons (Fsp3) is 0.100. The highest BCUT2D eigenvalue weighted by molar-refractivity contribution is 5.44. The maximum Gasteiger partial charge on any atom is 0.276 e. The van der Waals surface area contributed by atoms with E-state index in [-0.39, 0.29) is 0 Å². The van der Waals surface area contributed by atoms with Crippen LogP contribution in [0, 0.1) is 0 Å². The quantitative estimate of drug-likeness (QED) is 0.776. The highest BCUT2D eigenvalue weighted by Gasteiger charge is 2.47. The summed E-state index contributed by atoms with van der Waals surface area (Å²) in [5.74, 6) is -0.426. The summed E-state index contributed by atoms with van der Waals surface area (Å²) in [6.07, 6.45) is -0.652. The highest BCUT2D eigenvalue weighted by Crippen LogP contribution is 2.47. The van der Waals surface area contributed by atoms with Crippen molar-refractivity contribution in [2.45, 2.75) is 11.9 Å². The van der Waals surface area contributed by atoms with Crippen LogP contribution >= 0.6 is 0 Å². The number of hydrogen-bond acceptors (Lipinski definition) is 3. The van der Waals surface area contributed by atoms with Gasteiger partial charge in [-0.05, 0) is 17.7 Å². The molecule has 0 aromatic heterocycles. The number of benzene rings is 3. The molecular weight excluding hydrogens is 288 g/mol. The van der Waals surface area contributed by atoms with E-state index in [2.05, 4.69) is 0 Å². The smallest absolute Gasteiger partial charge is 0.276 e. The molecule has 23 heavy (non-hydrogen) atoms. The van der Waals surface area contributed by atoms with E-state index < -0.39 is 11.9 Å². The molecule has 0 aliphatic carbocycles. The van der Waals surface area contributed by atoms with Gasteiger partial charge in [0, 0.05) is 5.56 Å². The molecule has 0 radical (unpaired) electrons. The molecular formula is C20H16O3. The maximum atomic E-state index is 11.4. The summed E-state index contributed by atoms with van der Waals surface area (Å²) in [5, 5.41) is 11.4. The van der Waals surface area contributed by atoms with Crippen LogP contribution in [0.3, 0.4) is 0 Å². The molecule has 114 valence electrons. The monoisotopic (exact) mass is 304 g/mol. The lowest BCUT2D eigenvalue weighted by molar-refractivity contribution is -0.225. The second kappa shape index (κ2) is 5.45. The summed E-state index contributed by atoms with van der Waals surface area (Å²) >= 11 is 0. The average molecular weight is 304 g/mol. The average Bonchev–Trinajstić information content (AvgIpc) is 2.62. The van der Waals surface area contributed by atoms with Crippen LogP contribution in [0.2, 0.25) is 0 Å². The van der Waals surface area contributed by atoms with Crippen molar-refractivity contribution in [2.75, 3.05) is 0 Å². The summed E-state index contributed by atoms with van der Waals surface area (Å²) < 4.78 is 12.1. The van der Waals surface area contributed by atoms with Gasteiger partial charge in [0.05, 0.1) is 0 Å². The second-order valence-electron chi connectivity index (χ2n) is 5.52. The van der Waals surface area contributed by atoms with Gasteiger partial charge in [0.15, 0.2) is 17.6 Å². The molecule has 3 nitrogen and oxygen atoms in total. The molecule has 0 fully saturated rings. The molecule has 2 unspecified atom stereocenters. The van der Waals surface area contributed by atoms with Crippen molar-refractivity contribution < 1.29 is 14.6 Å². The molecule has 1 aliphatic heterocycles. The lowest BCUT2D eigenvalue weighted by Crippen LogP contribution is -2.44. The predicted molar refractivity (Wildman–Crippen MR) is 87.2 cm³/mol. The second-order valence-corrected chi connectivity index (χ2v) is 5.52. The molecule has 3 aromatic carbocycles. The largest absolute Gasteiger partial charge is 0.474 e. The van der Waals surface area contributed by atoms with Crippen molar-refractivity contribution in [3.63, 3.8) is 0 Å². The molecule has 1 aliphatic rings. The Morgan fingerprint density at radius 2 is 1.26 bits per heavy atom. The third kappa shape index (κ3) is 2.35. The van der Waals surface area contributed by atoms with Crippen molar-refractivity contribution in [3.8, 4) is 11.5 Å². The van der Waals surface area contributed by atoms with Crippen LogP contribution in [0.15, 0.2) is 84.9 Å². The van der Waals surface area contributed by atoms with Crippen LogP contribution in [0.4, 0.5) is 0 Å². The Morgan fingerprint density at radius 3 is 1.96 bits per heavy atom. The third-order valence-corrected chi connectivity index (χ3v) is 4.00. The molecule has 3 aromatic rings. The molecule has 2 atom stereocenters. The number of ether oxygens (including phenoxy) is 2. The maximum absolute atomic E-state index is 11.4. The van der Waals surface area contributed by atoms with E-state index in [1.54, 1.807) is 6.07 Å². The summed E-state index contributed by atoms with van der Waals surface area (Å²) in [4.78, 5) is 0. The van der Waals surface area contributed by atoms with Gasteiger partial charge >= 0.3 is 0 Å². The SMILES string of the molecule is OC1(c2ccccc2)Oc2ccccc2OC1c1ccccc1. The lowest BCUT2D eigenvalue weighted by Gasteiger charge is -2.40. The zero-order valence-corrected chi connectivity index (χ0v) is 12.4. The number of rotatable bonds is 2. The molecule has 4 rings (SSSR count). The van der Waals surface area contributed by atoms with E-state index in [0.717, 1.165) is 5.56 Å². The first-order valence-corrected chi connectivity index (χ1v) is 7.55. The van der Waals surface area contributed by atoms with Crippen LogP contribution < -0.4 is 9.47 Å². The zero-order valence-electron chi connectivity index (χ0n) is 12.4. The van der Waals surface area contributed by atoms with Crippen LogP contribution in [0.1, 0.15) is 17.2 Å². The van der Waals surface area contributed by atoms with Gasteiger partial charge in [-0.2, -0.15) is 0 Å². The third-order valence-electron chi connectivity index (χ3n) is 4.00. The highest BCUT2D eigenvalue weighted by atomic mass is 16.7. The summed E-state index contributed by atoms with van der Waals surface area (Å²) in [7, 11) is 0. The van der Waals surface area contributed by atoms with Gasteiger partial charge in [0.25, 0.3) is 5.79 Å². The lowest BCUT2D eigenvalue weighted by atomic mass is 9.93. The Labute approximate surface area is 134 Å². The summed E-state index contributed by atoms with van der Waals surface area (Å²) in [6, 6.07) is 26.3. The predicted octanol–water partition coefficient (Wildman–Crippen LogP) is 4.04. The Balaban J connectivity index is 1.87. The van der Waals surface area contributed by atoms with Crippen molar-refractivity contribution in [1.82, 2.24) is 0 Å². The molecule has 0 saturated carbocycles. The van der Waals surface area contributed by atoms with Crippen molar-refractivity contribution in [1.29, 1.82) is 0 Å². The van der Waals surface area contributed by atoms with Crippen molar-refractivity contribution in [3.05, 3.63) is 96.1 Å². The van der Waals surface area contributed by atoms with E-state index in [1.807, 2.05) is 78.9 Å². The Kier molecular flexibility index (Phi) is 3.28. The molecule has 0 bridgehead atoms. The van der Waals surface area contributed by atoms with Gasteiger partial charge in [-0.1, -0.05) is 72.8 Å². The van der Waals surface area contributed by atoms with E-state index in [9.17, 15) is 5.11 Å². The topological polar surface area (TPSA) is 38.7 Å². The first-order chi connectivity index (χ1) is 11.3. The van der Waals surface area contributed by atoms with Gasteiger partial charge in [-0.15, -0.1) is 0 Å². The van der Waals surface area contributed by atoms with Gasteiger partial charge < -0.3 is 14.6 Å². The van der Waals surface area contributed by atoms with Gasteiger partial charge in [0.1, 0.15) is 0 Å². The zero-order chi connectivity index (χ0) is 15.7. The number of fused-ring (bicyclic) bond motifs is 1. The molecule has 0 saturated heterocycles. The van der Waals surface area contributed by atoms with Crippen LogP contribution in [-0.2, 0) is 5.79 Å². The minimum atomic E-state index is -1.59. The first-order valence-electron chi connectivity index (χ1n) is 7.55. The Hall–Kier alpha value is -2.78. The van der Waals surface area contributed by atoms with E-state index in [4.69, 9.17) is 9.47 Å². The standard InChI is InChI=1S/C20H16O3/c21-20(16-11-5-2-6-12-16)19(15-9-3-1-4-10-15)22-17-13-7-8-14-18(17)23-20/h1-14,19,21H. The van der Waals surface area contributed by atoms with E-state index >= 15 is 0 Å². The molecule has 3 heteroatoms. The van der Waals surface area contributed by atoms with Crippen LogP contribution in [0.25, 0.3) is 0 Å². The molecule has 0 spiro atoms. The number of hydrogen-bond donors (Lipinski definition) is 1. The van der Waals surface area contributed by atoms with Crippen molar-refractivity contribution >= 4 is 0 Å². The van der Waals surface area contributed by atoms with E-state index in [1.165, 1.54) is 0 Å². The minimum absolute atomic E-state index is 0.533. The van der Waals surface area contributed by atoms with Gasteiger partial charge in [-0.3, -0.25) is 0 Å². The van der Waals surface area contributed by atoms with Crippen LogP contribution in [-0.4, -0.2) is 5.11 Å².